The largest absolute Gasteiger partial charge is 0.379 e. The monoisotopic (exact) mass is 263 g/mol. The summed E-state index contributed by atoms with van der Waals surface area (Å²) in [4.78, 5) is 0. The van der Waals surface area contributed by atoms with Crippen LogP contribution in [0.15, 0.2) is 29.3 Å². The van der Waals surface area contributed by atoms with Crippen LogP contribution < -0.4 is 5.32 Å². The summed E-state index contributed by atoms with van der Waals surface area (Å²) in [7, 11) is 0. The maximum Gasteiger partial charge on any atom is 0.125 e. The SMILES string of the molecule is C=C(Br)CNc1cc(F)ccc1Cl. The van der Waals surface area contributed by atoms with Gasteiger partial charge in [-0.1, -0.05) is 34.1 Å². The van der Waals surface area contributed by atoms with Gasteiger partial charge in [0.25, 0.3) is 0 Å². The minimum Gasteiger partial charge on any atom is -0.379 e. The lowest BCUT2D eigenvalue weighted by Gasteiger charge is -2.06. The number of anilines is 1. The molecule has 0 aliphatic rings. The van der Waals surface area contributed by atoms with E-state index in [9.17, 15) is 4.39 Å². The summed E-state index contributed by atoms with van der Waals surface area (Å²) in [6.07, 6.45) is 0. The van der Waals surface area contributed by atoms with Gasteiger partial charge in [-0.05, 0) is 18.2 Å². The van der Waals surface area contributed by atoms with Gasteiger partial charge in [-0.15, -0.1) is 0 Å². The average Bonchev–Trinajstić information content (AvgIpc) is 2.06. The Hall–Kier alpha value is -0.540. The average molecular weight is 265 g/mol. The molecule has 1 aromatic rings. The van der Waals surface area contributed by atoms with E-state index in [2.05, 4.69) is 27.8 Å². The predicted molar refractivity (Wildman–Crippen MR) is 58.0 cm³/mol. The zero-order valence-corrected chi connectivity index (χ0v) is 9.12. The standard InChI is InChI=1S/C9H8BrClFN/c1-6(10)5-13-9-4-7(12)2-3-8(9)11/h2-4,13H,1,5H2. The van der Waals surface area contributed by atoms with Crippen molar-refractivity contribution in [2.45, 2.75) is 0 Å². The minimum absolute atomic E-state index is 0.313. The van der Waals surface area contributed by atoms with Crippen molar-refractivity contribution in [3.63, 3.8) is 0 Å². The van der Waals surface area contributed by atoms with Crippen molar-refractivity contribution in [1.82, 2.24) is 0 Å². The van der Waals surface area contributed by atoms with Crippen LogP contribution in [0, 0.1) is 5.82 Å². The molecule has 0 unspecified atom stereocenters. The maximum atomic E-state index is 12.7. The first-order chi connectivity index (χ1) is 6.09. The lowest BCUT2D eigenvalue weighted by Crippen LogP contribution is -2.01. The Morgan fingerprint density at radius 3 is 2.92 bits per heavy atom. The van der Waals surface area contributed by atoms with Crippen LogP contribution in [0.1, 0.15) is 0 Å². The first-order valence-electron chi connectivity index (χ1n) is 3.62. The summed E-state index contributed by atoms with van der Waals surface area (Å²) in [5.41, 5.74) is 0.572. The van der Waals surface area contributed by atoms with E-state index in [-0.39, 0.29) is 5.82 Å². The smallest absolute Gasteiger partial charge is 0.125 e. The summed E-state index contributed by atoms with van der Waals surface area (Å²) in [6.45, 7) is 4.16. The Kier molecular flexibility index (Phi) is 3.75. The number of halogens is 3. The van der Waals surface area contributed by atoms with Crippen LogP contribution in [0.4, 0.5) is 10.1 Å². The van der Waals surface area contributed by atoms with Gasteiger partial charge in [0.15, 0.2) is 0 Å². The number of nitrogens with one attached hydrogen (secondary N) is 1. The van der Waals surface area contributed by atoms with Gasteiger partial charge in [0.1, 0.15) is 5.82 Å². The molecule has 0 saturated heterocycles. The number of hydrogen-bond donors (Lipinski definition) is 1. The van der Waals surface area contributed by atoms with E-state index >= 15 is 0 Å². The third-order valence-electron chi connectivity index (χ3n) is 1.40. The van der Waals surface area contributed by atoms with E-state index in [0.717, 1.165) is 4.48 Å². The Balaban J connectivity index is 2.75. The van der Waals surface area contributed by atoms with Crippen molar-refractivity contribution in [3.8, 4) is 0 Å². The van der Waals surface area contributed by atoms with Gasteiger partial charge in [-0.3, -0.25) is 0 Å². The fraction of sp³-hybridized carbons (Fsp3) is 0.111. The van der Waals surface area contributed by atoms with Crippen LogP contribution >= 0.6 is 27.5 Å². The highest BCUT2D eigenvalue weighted by molar-refractivity contribution is 9.11. The fourth-order valence-corrected chi connectivity index (χ4v) is 1.15. The van der Waals surface area contributed by atoms with Crippen molar-refractivity contribution in [1.29, 1.82) is 0 Å². The molecular formula is C9H8BrClFN. The van der Waals surface area contributed by atoms with Crippen molar-refractivity contribution in [2.75, 3.05) is 11.9 Å². The van der Waals surface area contributed by atoms with Crippen molar-refractivity contribution < 1.29 is 4.39 Å². The van der Waals surface area contributed by atoms with E-state index < -0.39 is 0 Å². The van der Waals surface area contributed by atoms with Crippen LogP contribution in [0.2, 0.25) is 5.02 Å². The lowest BCUT2D eigenvalue weighted by molar-refractivity contribution is 0.628. The first kappa shape index (κ1) is 10.5. The van der Waals surface area contributed by atoms with Crippen LogP contribution in [0.5, 0.6) is 0 Å². The quantitative estimate of drug-likeness (QED) is 0.875. The summed E-state index contributed by atoms with van der Waals surface area (Å²) in [6, 6.07) is 4.17. The lowest BCUT2D eigenvalue weighted by atomic mass is 10.3. The van der Waals surface area contributed by atoms with E-state index in [1.54, 1.807) is 0 Å². The van der Waals surface area contributed by atoms with Crippen LogP contribution in [-0.4, -0.2) is 6.54 Å². The third-order valence-corrected chi connectivity index (χ3v) is 2.01. The summed E-state index contributed by atoms with van der Waals surface area (Å²) in [5.74, 6) is -0.313. The van der Waals surface area contributed by atoms with Crippen molar-refractivity contribution in [2.24, 2.45) is 0 Å². The molecule has 0 atom stereocenters. The van der Waals surface area contributed by atoms with Crippen molar-refractivity contribution in [3.05, 3.63) is 40.1 Å². The Morgan fingerprint density at radius 2 is 2.31 bits per heavy atom. The molecular weight excluding hydrogens is 256 g/mol. The van der Waals surface area contributed by atoms with E-state index in [1.165, 1.54) is 18.2 Å². The minimum atomic E-state index is -0.313. The van der Waals surface area contributed by atoms with Gasteiger partial charge >= 0.3 is 0 Å². The molecule has 4 heteroatoms. The highest BCUT2D eigenvalue weighted by Crippen LogP contribution is 2.22. The zero-order valence-electron chi connectivity index (χ0n) is 6.78. The summed E-state index contributed by atoms with van der Waals surface area (Å²) >= 11 is 8.99. The van der Waals surface area contributed by atoms with E-state index in [4.69, 9.17) is 11.6 Å². The second kappa shape index (κ2) is 4.63. The van der Waals surface area contributed by atoms with Gasteiger partial charge in [0, 0.05) is 11.0 Å². The molecule has 1 nitrogen and oxygen atoms in total. The molecule has 0 aromatic heterocycles. The normalized spacial score (nSPS) is 9.77. The Bertz CT molecular complexity index is 327. The van der Waals surface area contributed by atoms with Crippen LogP contribution in [-0.2, 0) is 0 Å². The summed E-state index contributed by atoms with van der Waals surface area (Å²) < 4.78 is 13.5. The van der Waals surface area contributed by atoms with Gasteiger partial charge in [-0.2, -0.15) is 0 Å². The molecule has 13 heavy (non-hydrogen) atoms. The topological polar surface area (TPSA) is 12.0 Å². The Labute approximate surface area is 89.7 Å². The van der Waals surface area contributed by atoms with Gasteiger partial charge in [0.2, 0.25) is 0 Å². The molecule has 0 radical (unpaired) electrons. The highest BCUT2D eigenvalue weighted by atomic mass is 79.9. The first-order valence-corrected chi connectivity index (χ1v) is 4.79. The van der Waals surface area contributed by atoms with Crippen molar-refractivity contribution >= 4 is 33.2 Å². The summed E-state index contributed by atoms with van der Waals surface area (Å²) in [5, 5.41) is 3.43. The number of hydrogen-bond acceptors (Lipinski definition) is 1. The predicted octanol–water partition coefficient (Wildman–Crippen LogP) is 3.80. The molecule has 1 aromatic carbocycles. The van der Waals surface area contributed by atoms with E-state index in [1.807, 2.05) is 0 Å². The molecule has 0 amide bonds. The molecule has 0 aliphatic heterocycles. The molecule has 1 N–H and O–H groups in total. The van der Waals surface area contributed by atoms with Gasteiger partial charge in [0.05, 0.1) is 10.7 Å². The zero-order chi connectivity index (χ0) is 9.84. The number of rotatable bonds is 3. The van der Waals surface area contributed by atoms with Gasteiger partial charge < -0.3 is 5.32 Å². The van der Waals surface area contributed by atoms with Gasteiger partial charge in [-0.25, -0.2) is 4.39 Å². The molecule has 0 fully saturated rings. The molecule has 70 valence electrons. The second-order valence-corrected chi connectivity index (χ2v) is 4.02. The molecule has 0 heterocycles. The molecule has 0 spiro atoms. The second-order valence-electron chi connectivity index (χ2n) is 2.49. The molecule has 0 bridgehead atoms. The fourth-order valence-electron chi connectivity index (χ4n) is 0.824. The number of benzene rings is 1. The van der Waals surface area contributed by atoms with Crippen LogP contribution in [0.3, 0.4) is 0 Å². The van der Waals surface area contributed by atoms with E-state index in [0.29, 0.717) is 17.3 Å². The third kappa shape index (κ3) is 3.36. The molecule has 0 saturated carbocycles. The highest BCUT2D eigenvalue weighted by Gasteiger charge is 2.00. The molecule has 1 rings (SSSR count). The van der Waals surface area contributed by atoms with Crippen LogP contribution in [0.25, 0.3) is 0 Å². The molecule has 0 aliphatic carbocycles. The Morgan fingerprint density at radius 1 is 1.62 bits per heavy atom. The maximum absolute atomic E-state index is 12.7.